The lowest BCUT2D eigenvalue weighted by molar-refractivity contribution is -0.113. The van der Waals surface area contributed by atoms with Crippen molar-refractivity contribution >= 4 is 33.4 Å². The first kappa shape index (κ1) is 26.0. The van der Waals surface area contributed by atoms with Gasteiger partial charge in [0, 0.05) is 30.9 Å². The molecule has 4 aromatic rings. The normalized spacial score (nSPS) is 14.1. The molecule has 12 nitrogen and oxygen atoms in total. The molecule has 1 N–H and O–H groups in total. The van der Waals surface area contributed by atoms with Gasteiger partial charge in [0.2, 0.25) is 21.8 Å². The Bertz CT molecular complexity index is 1500. The summed E-state index contributed by atoms with van der Waals surface area (Å²) in [6, 6.07) is 15.9. The number of hydrogen-bond donors (Lipinski definition) is 1. The number of carbonyl (C=O) groups excluding carboxylic acids is 1. The topological polar surface area (TPSA) is 141 Å². The van der Waals surface area contributed by atoms with Crippen molar-refractivity contribution in [3.05, 3.63) is 60.4 Å². The summed E-state index contributed by atoms with van der Waals surface area (Å²) in [5.74, 6) is 1.07. The first-order valence-corrected chi connectivity index (χ1v) is 14.6. The van der Waals surface area contributed by atoms with Gasteiger partial charge in [-0.2, -0.15) is 9.10 Å². The number of nitrogens with zero attached hydrogens (tertiary/aromatic N) is 8. The van der Waals surface area contributed by atoms with E-state index in [-0.39, 0.29) is 16.6 Å². The predicted octanol–water partition coefficient (Wildman–Crippen LogP) is 2.52. The molecule has 1 fully saturated rings. The molecule has 3 heterocycles. The van der Waals surface area contributed by atoms with Crippen molar-refractivity contribution < 1.29 is 13.2 Å². The Hall–Kier alpha value is -3.62. The zero-order chi connectivity index (χ0) is 26.5. The van der Waals surface area contributed by atoms with Gasteiger partial charge >= 0.3 is 0 Å². The summed E-state index contributed by atoms with van der Waals surface area (Å²) in [7, 11) is -3.49. The third-order valence-corrected chi connectivity index (χ3v) is 8.93. The number of aromatic nitrogens is 7. The molecule has 0 spiro atoms. The van der Waals surface area contributed by atoms with E-state index >= 15 is 0 Å². The zero-order valence-electron chi connectivity index (χ0n) is 20.8. The van der Waals surface area contributed by atoms with E-state index in [1.54, 1.807) is 12.1 Å². The fourth-order valence-corrected chi connectivity index (χ4v) is 6.45. The quantitative estimate of drug-likeness (QED) is 0.293. The smallest absolute Gasteiger partial charge is 0.243 e. The first-order chi connectivity index (χ1) is 18.4. The minimum Gasteiger partial charge on any atom is -0.325 e. The number of amides is 1. The van der Waals surface area contributed by atoms with Crippen LogP contribution >= 0.6 is 11.8 Å². The molecular formula is C24H27N9O3S2. The van der Waals surface area contributed by atoms with E-state index in [0.717, 1.165) is 18.4 Å². The van der Waals surface area contributed by atoms with E-state index in [4.69, 9.17) is 0 Å². The van der Waals surface area contributed by atoms with E-state index < -0.39 is 10.0 Å². The van der Waals surface area contributed by atoms with Gasteiger partial charge < -0.3 is 9.88 Å². The number of carbonyl (C=O) groups is 1. The molecule has 38 heavy (non-hydrogen) atoms. The van der Waals surface area contributed by atoms with Crippen LogP contribution < -0.4 is 5.32 Å². The lowest BCUT2D eigenvalue weighted by Crippen LogP contribution is -2.27. The summed E-state index contributed by atoms with van der Waals surface area (Å²) in [5, 5.41) is 24.6. The lowest BCUT2D eigenvalue weighted by atomic mass is 10.2. The molecular weight excluding hydrogens is 526 g/mol. The third-order valence-electron chi connectivity index (χ3n) is 6.05. The Morgan fingerprint density at radius 2 is 1.74 bits per heavy atom. The number of tetrazole rings is 1. The first-order valence-electron chi connectivity index (χ1n) is 12.2. The van der Waals surface area contributed by atoms with E-state index in [9.17, 15) is 13.2 Å². The number of hydrogen-bond acceptors (Lipinski definition) is 9. The monoisotopic (exact) mass is 553 g/mol. The van der Waals surface area contributed by atoms with Gasteiger partial charge in [-0.25, -0.2) is 8.42 Å². The number of benzene rings is 2. The molecule has 2 aromatic heterocycles. The van der Waals surface area contributed by atoms with E-state index in [1.165, 1.54) is 33.0 Å². The van der Waals surface area contributed by atoms with Crippen molar-refractivity contribution in [3.63, 3.8) is 0 Å². The van der Waals surface area contributed by atoms with E-state index in [1.807, 2.05) is 41.8 Å². The predicted molar refractivity (Wildman–Crippen MR) is 142 cm³/mol. The molecule has 1 amide bonds. The van der Waals surface area contributed by atoms with Gasteiger partial charge in [-0.05, 0) is 49.2 Å². The number of sulfonamides is 1. The van der Waals surface area contributed by atoms with Gasteiger partial charge in [0.1, 0.15) is 6.54 Å². The highest BCUT2D eigenvalue weighted by molar-refractivity contribution is 7.99. The Labute approximate surface area is 224 Å². The summed E-state index contributed by atoms with van der Waals surface area (Å²) in [5.41, 5.74) is 1.40. The number of nitrogens with one attached hydrogen (secondary N) is 1. The fraction of sp³-hybridized carbons (Fsp3) is 0.333. The fourth-order valence-electron chi connectivity index (χ4n) is 4.11. The van der Waals surface area contributed by atoms with Gasteiger partial charge in [0.15, 0.2) is 11.0 Å². The second-order valence-electron chi connectivity index (χ2n) is 8.62. The second-order valence-corrected chi connectivity index (χ2v) is 11.5. The van der Waals surface area contributed by atoms with Crippen molar-refractivity contribution in [2.24, 2.45) is 0 Å². The van der Waals surface area contributed by atoms with Crippen LogP contribution in [0.15, 0.2) is 64.6 Å². The second kappa shape index (κ2) is 11.4. The van der Waals surface area contributed by atoms with Crippen LogP contribution in [0.4, 0.5) is 5.69 Å². The molecule has 0 bridgehead atoms. The highest BCUT2D eigenvalue weighted by atomic mass is 32.2. The maximum atomic E-state index is 12.7. The van der Waals surface area contributed by atoms with Crippen LogP contribution in [0.3, 0.4) is 0 Å². The van der Waals surface area contributed by atoms with Gasteiger partial charge in [-0.15, -0.1) is 20.4 Å². The molecule has 0 atom stereocenters. The number of anilines is 1. The maximum Gasteiger partial charge on any atom is 0.243 e. The van der Waals surface area contributed by atoms with Crippen molar-refractivity contribution in [2.45, 2.75) is 42.9 Å². The highest BCUT2D eigenvalue weighted by Crippen LogP contribution is 2.23. The minimum atomic E-state index is -3.49. The Morgan fingerprint density at radius 3 is 2.45 bits per heavy atom. The third kappa shape index (κ3) is 5.76. The van der Waals surface area contributed by atoms with Crippen LogP contribution in [-0.2, 0) is 27.9 Å². The average Bonchev–Trinajstić information content (AvgIpc) is 3.70. The number of thioether (sulfide) groups is 1. The van der Waals surface area contributed by atoms with Crippen LogP contribution in [0.25, 0.3) is 11.4 Å². The Kier molecular flexibility index (Phi) is 7.81. The van der Waals surface area contributed by atoms with Crippen LogP contribution in [0.5, 0.6) is 0 Å². The van der Waals surface area contributed by atoms with Crippen LogP contribution in [0.1, 0.15) is 25.6 Å². The van der Waals surface area contributed by atoms with Crippen LogP contribution in [-0.4, -0.2) is 72.4 Å². The molecule has 1 aliphatic rings. The summed E-state index contributed by atoms with van der Waals surface area (Å²) >= 11 is 1.27. The molecule has 1 aliphatic heterocycles. The molecule has 0 aliphatic carbocycles. The van der Waals surface area contributed by atoms with Crippen LogP contribution in [0.2, 0.25) is 0 Å². The van der Waals surface area contributed by atoms with Gasteiger partial charge in [-0.3, -0.25) is 4.79 Å². The van der Waals surface area contributed by atoms with Gasteiger partial charge in [-0.1, -0.05) is 42.1 Å². The SMILES string of the molecule is CCn1c(Cn2nnc(-c3ccccc3)n2)nnc1SCC(=O)Nc1ccc(S(=O)(=O)N2CCCC2)cc1. The lowest BCUT2D eigenvalue weighted by Gasteiger charge is -2.15. The summed E-state index contributed by atoms with van der Waals surface area (Å²) in [6.07, 6.45) is 1.76. The highest BCUT2D eigenvalue weighted by Gasteiger charge is 2.27. The molecule has 1 saturated heterocycles. The number of rotatable bonds is 10. The summed E-state index contributed by atoms with van der Waals surface area (Å²) in [4.78, 5) is 14.3. The maximum absolute atomic E-state index is 12.7. The van der Waals surface area contributed by atoms with Gasteiger partial charge in [0.05, 0.1) is 10.6 Å². The molecule has 0 unspecified atom stereocenters. The Morgan fingerprint density at radius 1 is 1.00 bits per heavy atom. The van der Waals surface area contributed by atoms with Crippen LogP contribution in [0, 0.1) is 0 Å². The molecule has 0 radical (unpaired) electrons. The zero-order valence-corrected chi connectivity index (χ0v) is 22.4. The molecule has 0 saturated carbocycles. The molecule has 5 rings (SSSR count). The summed E-state index contributed by atoms with van der Waals surface area (Å²) < 4.78 is 28.8. The van der Waals surface area contributed by atoms with Crippen molar-refractivity contribution in [3.8, 4) is 11.4 Å². The molecule has 14 heteroatoms. The van der Waals surface area contributed by atoms with Crippen molar-refractivity contribution in [1.82, 2.24) is 39.3 Å². The minimum absolute atomic E-state index is 0.117. The van der Waals surface area contributed by atoms with E-state index in [2.05, 4.69) is 30.9 Å². The van der Waals surface area contributed by atoms with Crippen molar-refractivity contribution in [2.75, 3.05) is 24.2 Å². The molecule has 2 aromatic carbocycles. The standard InChI is InChI=1S/C24H27N9O3S2/c1-2-32-21(16-33-29-23(27-30-33)18-8-4-3-5-9-18)26-28-24(32)37-17-22(34)25-19-10-12-20(13-11-19)38(35,36)31-14-6-7-15-31/h3-5,8-13H,2,6-7,14-17H2,1H3,(H,25,34). The summed E-state index contributed by atoms with van der Waals surface area (Å²) in [6.45, 7) is 3.97. The largest absolute Gasteiger partial charge is 0.325 e. The van der Waals surface area contributed by atoms with E-state index in [0.29, 0.717) is 48.7 Å². The molecule has 198 valence electrons. The Balaban J connectivity index is 1.17. The van der Waals surface area contributed by atoms with Gasteiger partial charge in [0.25, 0.3) is 0 Å². The average molecular weight is 554 g/mol. The van der Waals surface area contributed by atoms with Crippen molar-refractivity contribution in [1.29, 1.82) is 0 Å².